The number of carbonyl (C=O) groups is 4. The number of likely N-dealkylation sites (tertiary alicyclic amines) is 1. The van der Waals surface area contributed by atoms with Crippen LogP contribution in [-0.4, -0.2) is 71.8 Å². The van der Waals surface area contributed by atoms with E-state index in [2.05, 4.69) is 10.6 Å². The molecule has 0 spiro atoms. The van der Waals surface area contributed by atoms with E-state index in [4.69, 9.17) is 0 Å². The highest BCUT2D eigenvalue weighted by molar-refractivity contribution is 5.95. The molecule has 2 aliphatic carbocycles. The Morgan fingerprint density at radius 3 is 2.33 bits per heavy atom. The summed E-state index contributed by atoms with van der Waals surface area (Å²) >= 11 is 0. The van der Waals surface area contributed by atoms with Crippen molar-refractivity contribution in [3.63, 3.8) is 0 Å². The number of nitrogens with one attached hydrogen (secondary N) is 3. The zero-order valence-corrected chi connectivity index (χ0v) is 22.2. The smallest absolute Gasteiger partial charge is 0.356 e. The van der Waals surface area contributed by atoms with Gasteiger partial charge in [-0.15, -0.1) is 0 Å². The Morgan fingerprint density at radius 2 is 1.77 bits per heavy atom. The molecule has 9 nitrogen and oxygen atoms in total. The molecule has 40 heavy (non-hydrogen) atoms. The van der Waals surface area contributed by atoms with E-state index in [1.54, 1.807) is 5.32 Å². The fraction of sp³-hybridized carbons (Fsp3) is 0.731. The van der Waals surface area contributed by atoms with Crippen LogP contribution in [-0.2, 0) is 19.2 Å². The Morgan fingerprint density at radius 1 is 1.12 bits per heavy atom. The molecular weight excluding hydrogens is 541 g/mol. The van der Waals surface area contributed by atoms with Crippen LogP contribution in [0.15, 0.2) is 12.2 Å². The Bertz CT molecular complexity index is 1140. The van der Waals surface area contributed by atoms with Crippen LogP contribution in [0.4, 0.5) is 22.0 Å². The summed E-state index contributed by atoms with van der Waals surface area (Å²) in [5.74, 6) is -11.3. The minimum absolute atomic E-state index is 0.0352. The molecule has 3 N–H and O–H groups in total. The van der Waals surface area contributed by atoms with E-state index in [-0.39, 0.29) is 42.5 Å². The van der Waals surface area contributed by atoms with Crippen molar-refractivity contribution < 1.29 is 41.1 Å². The number of allylic oxidation sites excluding steroid dienone is 2. The maximum Gasteiger partial charge on any atom is 0.463 e. The molecule has 0 radical (unpaired) electrons. The van der Waals surface area contributed by atoms with Crippen molar-refractivity contribution in [2.45, 2.75) is 70.3 Å². The lowest BCUT2D eigenvalue weighted by molar-refractivity contribution is -0.270. The van der Waals surface area contributed by atoms with Gasteiger partial charge in [0.2, 0.25) is 17.7 Å². The quantitative estimate of drug-likeness (QED) is 0.316. The monoisotopic (exact) mass is 573 g/mol. The van der Waals surface area contributed by atoms with E-state index in [0.717, 1.165) is 11.3 Å². The standard InChI is InChI=1S/C26H32F5N5O4/c1-24(2,3)19(35-23(40)25(27,28)26(29,30)31)22(39)36-11-16-12-4-5-13(8-12)17(16)18(36)21(38)34-15(10-32)9-14-6-7-33-20(14)37/h4-5,12-19H,6-9,11H2,1-3H3,(H,33,37)(H,34,38)(H,35,40)/t12-,13+,14+,15+,16-,17+,18+,19-/m1/s1. The second kappa shape index (κ2) is 10.3. The number of hydrogen-bond donors (Lipinski definition) is 3. The number of halogens is 5. The summed E-state index contributed by atoms with van der Waals surface area (Å²) in [7, 11) is 0. The van der Waals surface area contributed by atoms with Crippen molar-refractivity contribution in [1.82, 2.24) is 20.9 Å². The number of nitrogens with zero attached hydrogens (tertiary/aromatic N) is 2. The summed E-state index contributed by atoms with van der Waals surface area (Å²) in [5.41, 5.74) is -1.30. The van der Waals surface area contributed by atoms with Gasteiger partial charge in [0.25, 0.3) is 0 Å². The number of hydrogen-bond acceptors (Lipinski definition) is 5. The second-order valence-electron chi connectivity index (χ2n) is 12.2. The maximum atomic E-state index is 13.8. The zero-order valence-electron chi connectivity index (χ0n) is 22.2. The van der Waals surface area contributed by atoms with Gasteiger partial charge in [0.05, 0.1) is 6.07 Å². The first-order valence-electron chi connectivity index (χ1n) is 13.2. The van der Waals surface area contributed by atoms with Crippen LogP contribution in [0.2, 0.25) is 0 Å². The van der Waals surface area contributed by atoms with Gasteiger partial charge in [-0.1, -0.05) is 32.9 Å². The molecule has 3 fully saturated rings. The molecule has 14 heteroatoms. The number of alkyl halides is 5. The van der Waals surface area contributed by atoms with Gasteiger partial charge in [-0.25, -0.2) is 0 Å². The number of fused-ring (bicyclic) bond motifs is 5. The van der Waals surface area contributed by atoms with Crippen molar-refractivity contribution in [2.75, 3.05) is 13.1 Å². The summed E-state index contributed by atoms with van der Waals surface area (Å²) in [6.07, 6.45) is -0.931. The third-order valence-corrected chi connectivity index (χ3v) is 8.53. The van der Waals surface area contributed by atoms with Crippen LogP contribution in [0, 0.1) is 46.3 Å². The van der Waals surface area contributed by atoms with Gasteiger partial charge in [0.15, 0.2) is 0 Å². The highest BCUT2D eigenvalue weighted by Crippen LogP contribution is 2.54. The van der Waals surface area contributed by atoms with Crippen LogP contribution >= 0.6 is 0 Å². The minimum Gasteiger partial charge on any atom is -0.356 e. The van der Waals surface area contributed by atoms with Crippen LogP contribution in [0.1, 0.15) is 40.0 Å². The first kappa shape index (κ1) is 29.7. The van der Waals surface area contributed by atoms with E-state index in [0.29, 0.717) is 13.0 Å². The summed E-state index contributed by atoms with van der Waals surface area (Å²) in [5, 5.41) is 16.6. The molecule has 4 rings (SSSR count). The number of carbonyl (C=O) groups excluding carboxylic acids is 4. The first-order chi connectivity index (χ1) is 18.5. The van der Waals surface area contributed by atoms with Crippen molar-refractivity contribution in [1.29, 1.82) is 5.26 Å². The van der Waals surface area contributed by atoms with Crippen molar-refractivity contribution in [2.24, 2.45) is 35.0 Å². The van der Waals surface area contributed by atoms with Gasteiger partial charge < -0.3 is 20.9 Å². The predicted molar refractivity (Wildman–Crippen MR) is 129 cm³/mol. The summed E-state index contributed by atoms with van der Waals surface area (Å²) in [6.45, 7) is 4.69. The van der Waals surface area contributed by atoms with Gasteiger partial charge in [0, 0.05) is 19.0 Å². The highest BCUT2D eigenvalue weighted by Gasteiger charge is 2.65. The molecule has 8 atom stereocenters. The molecule has 0 unspecified atom stereocenters. The molecule has 4 amide bonds. The normalized spacial score (nSPS) is 30.9. The number of nitriles is 1. The molecule has 1 saturated carbocycles. The van der Waals surface area contributed by atoms with Crippen LogP contribution < -0.4 is 16.0 Å². The SMILES string of the molecule is CC(C)(C)[C@H](NC(=O)C(F)(F)C(F)(F)F)C(=O)N1C[C@H]2[C@@H]([C@H]1C(=O)N[C@H](C#N)C[C@@H]1CCNC1=O)[C@H]1C=C[C@@H]2C1. The predicted octanol–water partition coefficient (Wildman–Crippen LogP) is 1.90. The van der Waals surface area contributed by atoms with Crippen molar-refractivity contribution in [3.05, 3.63) is 12.2 Å². The third kappa shape index (κ3) is 5.26. The number of amides is 4. The third-order valence-electron chi connectivity index (χ3n) is 8.53. The molecular formula is C26H32F5N5O4. The zero-order chi connectivity index (χ0) is 29.8. The van der Waals surface area contributed by atoms with Crippen LogP contribution in [0.25, 0.3) is 0 Å². The largest absolute Gasteiger partial charge is 0.463 e. The van der Waals surface area contributed by atoms with Gasteiger partial charge in [-0.2, -0.15) is 27.2 Å². The summed E-state index contributed by atoms with van der Waals surface area (Å²) < 4.78 is 66.2. The fourth-order valence-electron chi connectivity index (χ4n) is 6.50. The molecule has 0 aromatic rings. The lowest BCUT2D eigenvalue weighted by atomic mass is 9.81. The van der Waals surface area contributed by atoms with E-state index in [1.807, 2.05) is 18.2 Å². The Balaban J connectivity index is 1.60. The lowest BCUT2D eigenvalue weighted by Crippen LogP contribution is -2.62. The van der Waals surface area contributed by atoms with Gasteiger partial charge >= 0.3 is 18.0 Å². The molecule has 0 aromatic heterocycles. The Labute approximate surface area is 227 Å². The van der Waals surface area contributed by atoms with Gasteiger partial charge in [-0.3, -0.25) is 19.2 Å². The molecule has 4 aliphatic rings. The topological polar surface area (TPSA) is 131 Å². The fourth-order valence-corrected chi connectivity index (χ4v) is 6.50. The Kier molecular flexibility index (Phi) is 7.66. The van der Waals surface area contributed by atoms with E-state index in [9.17, 15) is 46.4 Å². The second-order valence-corrected chi connectivity index (χ2v) is 12.2. The van der Waals surface area contributed by atoms with E-state index in [1.165, 1.54) is 20.8 Å². The van der Waals surface area contributed by atoms with Gasteiger partial charge in [0.1, 0.15) is 18.1 Å². The molecule has 2 saturated heterocycles. The van der Waals surface area contributed by atoms with Crippen molar-refractivity contribution >= 4 is 23.6 Å². The lowest BCUT2D eigenvalue weighted by Gasteiger charge is -2.37. The molecule has 2 aliphatic heterocycles. The Hall–Kier alpha value is -3.24. The summed E-state index contributed by atoms with van der Waals surface area (Å²) in [4.78, 5) is 52.7. The number of rotatable bonds is 7. The first-order valence-corrected chi connectivity index (χ1v) is 13.2. The van der Waals surface area contributed by atoms with Crippen LogP contribution in [0.5, 0.6) is 0 Å². The van der Waals surface area contributed by atoms with E-state index >= 15 is 0 Å². The molecule has 0 aromatic carbocycles. The molecule has 220 valence electrons. The molecule has 2 heterocycles. The highest BCUT2D eigenvalue weighted by atomic mass is 19.4. The molecule has 2 bridgehead atoms. The van der Waals surface area contributed by atoms with Gasteiger partial charge in [-0.05, 0) is 48.3 Å². The van der Waals surface area contributed by atoms with E-state index < -0.39 is 59.3 Å². The average Bonchev–Trinajstić information content (AvgIpc) is 3.62. The maximum absolute atomic E-state index is 13.8. The minimum atomic E-state index is -6.16. The van der Waals surface area contributed by atoms with Crippen molar-refractivity contribution in [3.8, 4) is 6.07 Å². The average molecular weight is 574 g/mol. The summed E-state index contributed by atoms with van der Waals surface area (Å²) in [6, 6.07) is -2.02. The van der Waals surface area contributed by atoms with Crippen LogP contribution in [0.3, 0.4) is 0 Å².